The normalized spacial score (nSPS) is 11.4. The first-order chi connectivity index (χ1) is 8.12. The third-order valence-electron chi connectivity index (χ3n) is 2.35. The van der Waals surface area contributed by atoms with Gasteiger partial charge in [-0.25, -0.2) is 0 Å². The van der Waals surface area contributed by atoms with Gasteiger partial charge < -0.3 is 15.2 Å². The summed E-state index contributed by atoms with van der Waals surface area (Å²) < 4.78 is 9.69. The molecule has 0 unspecified atom stereocenters. The monoisotopic (exact) mass is 234 g/mol. The van der Waals surface area contributed by atoms with Crippen molar-refractivity contribution in [2.45, 2.75) is 12.5 Å². The van der Waals surface area contributed by atoms with Crippen LogP contribution in [0, 0.1) is 11.3 Å². The minimum Gasteiger partial charge on any atom is -0.496 e. The molecule has 1 atom stereocenters. The fraction of sp³-hybridized carbons (Fsp3) is 0.333. The largest absolute Gasteiger partial charge is 0.496 e. The van der Waals surface area contributed by atoms with E-state index in [1.807, 2.05) is 6.07 Å². The first-order valence-corrected chi connectivity index (χ1v) is 5.02. The SMILES string of the molecule is COC(=O)[C@H](N)Cc1cc(C#N)ccc1OC. The molecular formula is C12H14N2O3. The zero-order valence-corrected chi connectivity index (χ0v) is 9.77. The Hall–Kier alpha value is -2.06. The Kier molecular flexibility index (Phi) is 4.49. The van der Waals surface area contributed by atoms with Gasteiger partial charge >= 0.3 is 5.97 Å². The maximum Gasteiger partial charge on any atom is 0.322 e. The van der Waals surface area contributed by atoms with Crippen LogP contribution in [0.15, 0.2) is 18.2 Å². The number of nitrogens with two attached hydrogens (primary N) is 1. The lowest BCUT2D eigenvalue weighted by Crippen LogP contribution is -2.33. The Bertz CT molecular complexity index is 452. The van der Waals surface area contributed by atoms with Crippen molar-refractivity contribution in [1.82, 2.24) is 0 Å². The number of hydrogen-bond acceptors (Lipinski definition) is 5. The molecule has 0 saturated heterocycles. The second kappa shape index (κ2) is 5.87. The molecule has 1 aromatic carbocycles. The summed E-state index contributed by atoms with van der Waals surface area (Å²) >= 11 is 0. The van der Waals surface area contributed by atoms with Gasteiger partial charge in [0.2, 0.25) is 0 Å². The minimum absolute atomic E-state index is 0.269. The van der Waals surface area contributed by atoms with Crippen LogP contribution in [0.3, 0.4) is 0 Å². The predicted octanol–water partition coefficient (Wildman–Crippen LogP) is 0.610. The van der Waals surface area contributed by atoms with Crippen LogP contribution >= 0.6 is 0 Å². The van der Waals surface area contributed by atoms with E-state index in [0.717, 1.165) is 0 Å². The van der Waals surface area contributed by atoms with E-state index in [2.05, 4.69) is 4.74 Å². The molecule has 0 bridgehead atoms. The molecule has 0 aliphatic rings. The highest BCUT2D eigenvalue weighted by atomic mass is 16.5. The zero-order chi connectivity index (χ0) is 12.8. The molecule has 0 fully saturated rings. The summed E-state index contributed by atoms with van der Waals surface area (Å²) in [5.41, 5.74) is 6.87. The molecule has 5 heteroatoms. The van der Waals surface area contributed by atoms with Gasteiger partial charge in [-0.2, -0.15) is 5.26 Å². The lowest BCUT2D eigenvalue weighted by atomic mass is 10.0. The molecule has 0 saturated carbocycles. The fourth-order valence-electron chi connectivity index (χ4n) is 1.48. The van der Waals surface area contributed by atoms with E-state index in [9.17, 15) is 4.79 Å². The first-order valence-electron chi connectivity index (χ1n) is 5.02. The van der Waals surface area contributed by atoms with Gasteiger partial charge in [0, 0.05) is 6.42 Å². The second-order valence-electron chi connectivity index (χ2n) is 3.47. The van der Waals surface area contributed by atoms with Crippen molar-refractivity contribution in [3.05, 3.63) is 29.3 Å². The molecule has 17 heavy (non-hydrogen) atoms. The molecule has 2 N–H and O–H groups in total. The lowest BCUT2D eigenvalue weighted by molar-refractivity contribution is -0.142. The highest BCUT2D eigenvalue weighted by Gasteiger charge is 2.17. The van der Waals surface area contributed by atoms with E-state index in [-0.39, 0.29) is 6.42 Å². The first kappa shape index (κ1) is 13.0. The number of nitrogens with zero attached hydrogens (tertiary/aromatic N) is 1. The standard InChI is InChI=1S/C12H14N2O3/c1-16-11-4-3-8(7-13)5-9(11)6-10(14)12(15)17-2/h3-5,10H,6,14H2,1-2H3/t10-/m1/s1. The van der Waals surface area contributed by atoms with Crippen LogP contribution in [0.5, 0.6) is 5.75 Å². The summed E-state index contributed by atoms with van der Waals surface area (Å²) in [6.07, 6.45) is 0.269. The van der Waals surface area contributed by atoms with Crippen molar-refractivity contribution >= 4 is 5.97 Å². The quantitative estimate of drug-likeness (QED) is 0.771. The Labute approximate surface area is 99.7 Å². The van der Waals surface area contributed by atoms with E-state index >= 15 is 0 Å². The van der Waals surface area contributed by atoms with Crippen molar-refractivity contribution in [2.75, 3.05) is 14.2 Å². The van der Waals surface area contributed by atoms with E-state index in [1.54, 1.807) is 18.2 Å². The maximum atomic E-state index is 11.2. The van der Waals surface area contributed by atoms with Crippen LogP contribution in [0.2, 0.25) is 0 Å². The summed E-state index contributed by atoms with van der Waals surface area (Å²) in [4.78, 5) is 11.2. The summed E-state index contributed by atoms with van der Waals surface area (Å²) in [5.74, 6) is 0.109. The number of benzene rings is 1. The Morgan fingerprint density at radius 1 is 1.53 bits per heavy atom. The van der Waals surface area contributed by atoms with E-state index in [0.29, 0.717) is 16.9 Å². The van der Waals surface area contributed by atoms with Gasteiger partial charge in [0.05, 0.1) is 25.9 Å². The molecule has 0 aliphatic carbocycles. The molecule has 0 aliphatic heterocycles. The lowest BCUT2D eigenvalue weighted by Gasteiger charge is -2.12. The number of methoxy groups -OCH3 is 2. The molecule has 0 aromatic heterocycles. The van der Waals surface area contributed by atoms with Crippen LogP contribution in [-0.4, -0.2) is 26.2 Å². The van der Waals surface area contributed by atoms with Crippen LogP contribution < -0.4 is 10.5 Å². The van der Waals surface area contributed by atoms with E-state index in [4.69, 9.17) is 15.7 Å². The topological polar surface area (TPSA) is 85.3 Å². The number of esters is 1. The third kappa shape index (κ3) is 3.20. The molecule has 0 heterocycles. The summed E-state index contributed by atoms with van der Waals surface area (Å²) in [5, 5.41) is 8.80. The van der Waals surface area contributed by atoms with Crippen molar-refractivity contribution in [2.24, 2.45) is 5.73 Å². The average molecular weight is 234 g/mol. The number of carbonyl (C=O) groups excluding carboxylic acids is 1. The highest BCUT2D eigenvalue weighted by Crippen LogP contribution is 2.21. The van der Waals surface area contributed by atoms with E-state index < -0.39 is 12.0 Å². The van der Waals surface area contributed by atoms with Gasteiger partial charge in [-0.05, 0) is 23.8 Å². The molecule has 1 rings (SSSR count). The molecule has 1 aromatic rings. The van der Waals surface area contributed by atoms with Crippen LogP contribution in [0.25, 0.3) is 0 Å². The molecule has 90 valence electrons. The van der Waals surface area contributed by atoms with Crippen LogP contribution in [0.1, 0.15) is 11.1 Å². The van der Waals surface area contributed by atoms with Gasteiger partial charge in [-0.1, -0.05) is 0 Å². The molecule has 0 radical (unpaired) electrons. The number of nitriles is 1. The Balaban J connectivity index is 2.96. The van der Waals surface area contributed by atoms with Gasteiger partial charge in [0.25, 0.3) is 0 Å². The Morgan fingerprint density at radius 3 is 2.76 bits per heavy atom. The second-order valence-corrected chi connectivity index (χ2v) is 3.47. The highest BCUT2D eigenvalue weighted by molar-refractivity contribution is 5.75. The summed E-state index contributed by atoms with van der Waals surface area (Å²) in [6, 6.07) is 6.24. The van der Waals surface area contributed by atoms with Crippen molar-refractivity contribution < 1.29 is 14.3 Å². The van der Waals surface area contributed by atoms with Crippen LogP contribution in [0.4, 0.5) is 0 Å². The van der Waals surface area contributed by atoms with E-state index in [1.165, 1.54) is 14.2 Å². The fourth-order valence-corrected chi connectivity index (χ4v) is 1.48. The van der Waals surface area contributed by atoms with Gasteiger partial charge in [0.15, 0.2) is 0 Å². The number of ether oxygens (including phenoxy) is 2. The average Bonchev–Trinajstić information content (AvgIpc) is 2.37. The molecule has 0 amide bonds. The van der Waals surface area contributed by atoms with Gasteiger partial charge in [0.1, 0.15) is 11.8 Å². The molecular weight excluding hydrogens is 220 g/mol. The number of hydrogen-bond donors (Lipinski definition) is 1. The van der Waals surface area contributed by atoms with Crippen molar-refractivity contribution in [3.8, 4) is 11.8 Å². The summed E-state index contributed by atoms with van der Waals surface area (Å²) in [7, 11) is 2.81. The molecule has 0 spiro atoms. The number of rotatable bonds is 4. The van der Waals surface area contributed by atoms with Crippen molar-refractivity contribution in [1.29, 1.82) is 5.26 Å². The van der Waals surface area contributed by atoms with Gasteiger partial charge in [-0.15, -0.1) is 0 Å². The Morgan fingerprint density at radius 2 is 2.24 bits per heavy atom. The smallest absolute Gasteiger partial charge is 0.322 e. The van der Waals surface area contributed by atoms with Crippen LogP contribution in [-0.2, 0) is 16.0 Å². The minimum atomic E-state index is -0.761. The zero-order valence-electron chi connectivity index (χ0n) is 9.77. The van der Waals surface area contributed by atoms with Gasteiger partial charge in [-0.3, -0.25) is 4.79 Å². The summed E-state index contributed by atoms with van der Waals surface area (Å²) in [6.45, 7) is 0. The third-order valence-corrected chi connectivity index (χ3v) is 2.35. The van der Waals surface area contributed by atoms with Crippen molar-refractivity contribution in [3.63, 3.8) is 0 Å². The number of carbonyl (C=O) groups is 1. The molecule has 5 nitrogen and oxygen atoms in total. The maximum absolute atomic E-state index is 11.2. The predicted molar refractivity (Wildman–Crippen MR) is 61.4 cm³/mol.